The van der Waals surface area contributed by atoms with Gasteiger partial charge in [-0.3, -0.25) is 4.79 Å². The van der Waals surface area contributed by atoms with E-state index < -0.39 is 5.41 Å². The molecule has 152 valence electrons. The van der Waals surface area contributed by atoms with Gasteiger partial charge in [0.2, 0.25) is 12.7 Å². The van der Waals surface area contributed by atoms with Crippen LogP contribution < -0.4 is 20.1 Å². The first kappa shape index (κ1) is 18.2. The molecule has 0 radical (unpaired) electrons. The van der Waals surface area contributed by atoms with E-state index in [1.807, 2.05) is 41.3 Å². The van der Waals surface area contributed by atoms with Crippen LogP contribution in [0.1, 0.15) is 24.0 Å². The molecule has 6 rings (SSSR count). The van der Waals surface area contributed by atoms with Gasteiger partial charge in [0.1, 0.15) is 11.3 Å². The fourth-order valence-corrected chi connectivity index (χ4v) is 6.13. The van der Waals surface area contributed by atoms with Crippen LogP contribution in [0.4, 0.5) is 11.4 Å². The summed E-state index contributed by atoms with van der Waals surface area (Å²) in [6.45, 7) is 0.661. The number of rotatable bonds is 2. The van der Waals surface area contributed by atoms with E-state index in [9.17, 15) is 4.79 Å². The molecule has 8 heteroatoms. The van der Waals surface area contributed by atoms with Gasteiger partial charge < -0.3 is 20.1 Å². The van der Waals surface area contributed by atoms with Gasteiger partial charge in [0.15, 0.2) is 11.5 Å². The second kappa shape index (κ2) is 6.43. The van der Waals surface area contributed by atoms with Crippen LogP contribution >= 0.6 is 23.4 Å². The van der Waals surface area contributed by atoms with Gasteiger partial charge >= 0.3 is 0 Å². The summed E-state index contributed by atoms with van der Waals surface area (Å²) in [7, 11) is 0. The fourth-order valence-electron chi connectivity index (χ4n) is 4.78. The van der Waals surface area contributed by atoms with Gasteiger partial charge in [-0.05, 0) is 24.1 Å². The Bertz CT molecular complexity index is 1160. The minimum absolute atomic E-state index is 0.00110. The number of aliphatic imine (C=N–C) groups is 1. The molecule has 2 atom stereocenters. The zero-order valence-corrected chi connectivity index (χ0v) is 17.5. The summed E-state index contributed by atoms with van der Waals surface area (Å²) in [6.07, 6.45) is 3.25. The Morgan fingerprint density at radius 1 is 1.23 bits per heavy atom. The first-order valence-corrected chi connectivity index (χ1v) is 11.1. The minimum atomic E-state index is -0.928. The monoisotopic (exact) mass is 439 g/mol. The van der Waals surface area contributed by atoms with Gasteiger partial charge in [-0.25, -0.2) is 4.99 Å². The number of amidine groups is 1. The molecule has 30 heavy (non-hydrogen) atoms. The first-order valence-electron chi connectivity index (χ1n) is 9.74. The fraction of sp³-hybridized carbons (Fsp3) is 0.273. The smallest absolute Gasteiger partial charge is 0.243 e. The highest BCUT2D eigenvalue weighted by atomic mass is 35.5. The molecule has 0 saturated carbocycles. The summed E-state index contributed by atoms with van der Waals surface area (Å²) in [5.41, 5.74) is 8.65. The van der Waals surface area contributed by atoms with Gasteiger partial charge in [0, 0.05) is 28.6 Å². The number of carbonyl (C=O) groups excluding carboxylic acids is 1. The molecule has 2 aromatic carbocycles. The largest absolute Gasteiger partial charge is 0.454 e. The van der Waals surface area contributed by atoms with E-state index in [2.05, 4.69) is 11.1 Å². The Morgan fingerprint density at radius 3 is 2.83 bits per heavy atom. The maximum Gasteiger partial charge on any atom is 0.243 e. The number of amides is 1. The molecule has 0 saturated heterocycles. The van der Waals surface area contributed by atoms with Crippen LogP contribution in [0.5, 0.6) is 11.5 Å². The molecular weight excluding hydrogens is 422 g/mol. The Hall–Kier alpha value is -2.64. The molecule has 0 aliphatic carbocycles. The van der Waals surface area contributed by atoms with Crippen molar-refractivity contribution in [2.75, 3.05) is 18.2 Å². The molecule has 2 N–H and O–H groups in total. The second-order valence-corrected chi connectivity index (χ2v) is 9.87. The molecule has 1 amide bonds. The standard InChI is InChI=1S/C22H18ClN3O3S/c23-19-6-5-12(30-19)10-26-16-4-2-1-3-13(16)22(21(26)27)9-20(24)25-15-8-18-17(7-14(15)22)28-11-29-18/h1-5,7-8,19H,6,9-11H2,(H2,24,25). The molecule has 4 aliphatic rings. The SMILES string of the molecule is NC1=Nc2cc3c(cc2C2(C1)C(=O)N(CC1=CCC(Cl)S1)c1ccccc12)OCO3. The zero-order valence-electron chi connectivity index (χ0n) is 15.9. The third-order valence-electron chi connectivity index (χ3n) is 6.05. The number of benzene rings is 2. The number of nitrogens with zero attached hydrogens (tertiary/aromatic N) is 2. The Kier molecular flexibility index (Phi) is 3.89. The number of halogens is 1. The lowest BCUT2D eigenvalue weighted by atomic mass is 9.70. The average molecular weight is 440 g/mol. The molecule has 0 bridgehead atoms. The highest BCUT2D eigenvalue weighted by Gasteiger charge is 2.55. The van der Waals surface area contributed by atoms with Crippen molar-refractivity contribution in [3.05, 3.63) is 58.5 Å². The minimum Gasteiger partial charge on any atom is -0.454 e. The van der Waals surface area contributed by atoms with Crippen molar-refractivity contribution in [2.24, 2.45) is 10.7 Å². The van der Waals surface area contributed by atoms with Crippen molar-refractivity contribution in [2.45, 2.75) is 23.0 Å². The van der Waals surface area contributed by atoms with Gasteiger partial charge in [-0.1, -0.05) is 24.3 Å². The van der Waals surface area contributed by atoms with Gasteiger partial charge in [0.05, 0.1) is 16.9 Å². The number of thioether (sulfide) groups is 1. The van der Waals surface area contributed by atoms with E-state index >= 15 is 0 Å². The topological polar surface area (TPSA) is 77.2 Å². The van der Waals surface area contributed by atoms with Gasteiger partial charge in [-0.2, -0.15) is 0 Å². The maximum atomic E-state index is 14.1. The number of hydrogen-bond donors (Lipinski definition) is 1. The third kappa shape index (κ3) is 2.45. The highest BCUT2D eigenvalue weighted by Crippen LogP contribution is 2.55. The Labute approximate surface area is 182 Å². The predicted molar refractivity (Wildman–Crippen MR) is 118 cm³/mol. The maximum absolute atomic E-state index is 14.1. The Morgan fingerprint density at radius 2 is 2.03 bits per heavy atom. The molecular formula is C22H18ClN3O3S. The lowest BCUT2D eigenvalue weighted by molar-refractivity contribution is -0.121. The van der Waals surface area contributed by atoms with Crippen molar-refractivity contribution >= 4 is 46.5 Å². The van der Waals surface area contributed by atoms with E-state index in [-0.39, 0.29) is 17.4 Å². The first-order chi connectivity index (χ1) is 14.6. The van der Waals surface area contributed by atoms with Gasteiger partial charge in [-0.15, -0.1) is 23.4 Å². The van der Waals surface area contributed by atoms with Crippen LogP contribution in [-0.2, 0) is 10.2 Å². The van der Waals surface area contributed by atoms with Crippen LogP contribution in [-0.4, -0.2) is 29.8 Å². The van der Waals surface area contributed by atoms with E-state index in [1.165, 1.54) is 0 Å². The molecule has 0 aromatic heterocycles. The van der Waals surface area contributed by atoms with Crippen molar-refractivity contribution in [3.8, 4) is 11.5 Å². The van der Waals surface area contributed by atoms with E-state index in [4.69, 9.17) is 26.8 Å². The number of anilines is 1. The van der Waals surface area contributed by atoms with Crippen molar-refractivity contribution < 1.29 is 14.3 Å². The van der Waals surface area contributed by atoms with Crippen molar-refractivity contribution in [1.29, 1.82) is 0 Å². The lowest BCUT2D eigenvalue weighted by Crippen LogP contribution is -2.45. The van der Waals surface area contributed by atoms with E-state index in [0.717, 1.165) is 28.1 Å². The van der Waals surface area contributed by atoms with Crippen LogP contribution in [0.3, 0.4) is 0 Å². The number of nitrogens with two attached hydrogens (primary N) is 1. The van der Waals surface area contributed by atoms with Crippen LogP contribution in [0.15, 0.2) is 52.4 Å². The average Bonchev–Trinajstić information content (AvgIpc) is 3.42. The molecule has 0 fully saturated rings. The molecule has 4 aliphatic heterocycles. The molecule has 4 heterocycles. The van der Waals surface area contributed by atoms with E-state index in [0.29, 0.717) is 36.0 Å². The summed E-state index contributed by atoms with van der Waals surface area (Å²) in [5.74, 6) is 1.69. The number of alkyl halides is 1. The number of fused-ring (bicyclic) bond motifs is 5. The summed E-state index contributed by atoms with van der Waals surface area (Å²) in [6, 6.07) is 11.6. The number of hydrogen-bond acceptors (Lipinski definition) is 6. The van der Waals surface area contributed by atoms with Crippen molar-refractivity contribution in [3.63, 3.8) is 0 Å². The zero-order chi connectivity index (χ0) is 20.5. The summed E-state index contributed by atoms with van der Waals surface area (Å²) in [4.78, 5) is 21.6. The molecule has 6 nitrogen and oxygen atoms in total. The lowest BCUT2D eigenvalue weighted by Gasteiger charge is -2.33. The highest BCUT2D eigenvalue weighted by molar-refractivity contribution is 8.05. The molecule has 2 unspecified atom stereocenters. The second-order valence-electron chi connectivity index (χ2n) is 7.75. The summed E-state index contributed by atoms with van der Waals surface area (Å²) >= 11 is 7.88. The van der Waals surface area contributed by atoms with Crippen LogP contribution in [0.25, 0.3) is 0 Å². The molecule has 2 aromatic rings. The summed E-state index contributed by atoms with van der Waals surface area (Å²) < 4.78 is 11.2. The third-order valence-corrected chi connectivity index (χ3v) is 7.54. The number of para-hydroxylation sites is 1. The quantitative estimate of drug-likeness (QED) is 0.715. The summed E-state index contributed by atoms with van der Waals surface area (Å²) in [5, 5.41) is 0. The van der Waals surface area contributed by atoms with Crippen LogP contribution in [0, 0.1) is 0 Å². The molecule has 1 spiro atoms. The normalized spacial score (nSPS) is 26.0. The van der Waals surface area contributed by atoms with Crippen molar-refractivity contribution in [1.82, 2.24) is 0 Å². The van der Waals surface area contributed by atoms with E-state index in [1.54, 1.807) is 11.8 Å². The number of carbonyl (C=O) groups is 1. The van der Waals surface area contributed by atoms with Crippen LogP contribution in [0.2, 0.25) is 0 Å². The Balaban J connectivity index is 1.53. The van der Waals surface area contributed by atoms with Gasteiger partial charge in [0.25, 0.3) is 0 Å². The number of ether oxygens (including phenoxy) is 2. The predicted octanol–water partition coefficient (Wildman–Crippen LogP) is 4.03. The number of allylic oxidation sites excluding steroid dienone is 1.